The number of nitrogen functional groups attached to an aromatic ring is 1. The van der Waals surface area contributed by atoms with E-state index in [1.165, 1.54) is 6.07 Å². The average molecular weight is 240 g/mol. The molecule has 0 aliphatic rings. The van der Waals surface area contributed by atoms with Crippen LogP contribution in [0, 0.1) is 11.6 Å². The molecule has 0 radical (unpaired) electrons. The first-order valence-corrected chi connectivity index (χ1v) is 4.40. The van der Waals surface area contributed by atoms with Crippen molar-refractivity contribution in [1.82, 2.24) is 14.8 Å². The predicted octanol–water partition coefficient (Wildman–Crippen LogP) is 0.826. The highest BCUT2D eigenvalue weighted by atomic mass is 19.2. The third-order valence-electron chi connectivity index (χ3n) is 1.97. The topological polar surface area (TPSA) is 94.0 Å². The molecule has 0 spiro atoms. The SMILES string of the molecule is Nc1nc(C(=O)O)nn1-c1ccc(F)c(F)c1. The van der Waals surface area contributed by atoms with Crippen LogP contribution in [0.3, 0.4) is 0 Å². The zero-order chi connectivity index (χ0) is 12.6. The normalized spacial score (nSPS) is 10.5. The molecule has 6 nitrogen and oxygen atoms in total. The van der Waals surface area contributed by atoms with Crippen LogP contribution in [0.25, 0.3) is 5.69 Å². The number of anilines is 1. The number of nitrogens with two attached hydrogens (primary N) is 1. The number of aromatic carboxylic acids is 1. The number of hydrogen-bond acceptors (Lipinski definition) is 4. The quantitative estimate of drug-likeness (QED) is 0.810. The number of aromatic nitrogens is 3. The standard InChI is InChI=1S/C9H6F2N4O2/c10-5-2-1-4(3-6(5)11)15-9(12)13-7(14-15)8(16)17/h1-3H,(H,16,17)(H2,12,13,14). The van der Waals surface area contributed by atoms with Crippen molar-refractivity contribution in [3.63, 3.8) is 0 Å². The highest BCUT2D eigenvalue weighted by molar-refractivity contribution is 5.83. The Labute approximate surface area is 93.3 Å². The summed E-state index contributed by atoms with van der Waals surface area (Å²) in [6.45, 7) is 0. The molecule has 0 bridgehead atoms. The Bertz CT molecular complexity index is 597. The van der Waals surface area contributed by atoms with Crippen molar-refractivity contribution in [3.8, 4) is 5.69 Å². The van der Waals surface area contributed by atoms with Crippen LogP contribution in [0.1, 0.15) is 10.6 Å². The number of hydrogen-bond donors (Lipinski definition) is 2. The summed E-state index contributed by atoms with van der Waals surface area (Å²) in [5.74, 6) is -4.22. The van der Waals surface area contributed by atoms with E-state index in [0.29, 0.717) is 0 Å². The summed E-state index contributed by atoms with van der Waals surface area (Å²) < 4.78 is 26.6. The van der Waals surface area contributed by atoms with Gasteiger partial charge in [-0.2, -0.15) is 9.67 Å². The third-order valence-corrected chi connectivity index (χ3v) is 1.97. The van der Waals surface area contributed by atoms with Crippen LogP contribution in [0.5, 0.6) is 0 Å². The van der Waals surface area contributed by atoms with Gasteiger partial charge in [0, 0.05) is 6.07 Å². The van der Waals surface area contributed by atoms with Gasteiger partial charge in [-0.1, -0.05) is 0 Å². The molecule has 0 saturated heterocycles. The average Bonchev–Trinajstić information content (AvgIpc) is 2.65. The van der Waals surface area contributed by atoms with Gasteiger partial charge in [0.1, 0.15) is 0 Å². The van der Waals surface area contributed by atoms with Gasteiger partial charge >= 0.3 is 5.97 Å². The van der Waals surface area contributed by atoms with Crippen molar-refractivity contribution in [2.24, 2.45) is 0 Å². The van der Waals surface area contributed by atoms with E-state index in [1.807, 2.05) is 0 Å². The lowest BCUT2D eigenvalue weighted by atomic mass is 10.3. The fraction of sp³-hybridized carbons (Fsp3) is 0. The molecular formula is C9H6F2N4O2. The zero-order valence-electron chi connectivity index (χ0n) is 8.26. The van der Waals surface area contributed by atoms with Crippen LogP contribution in [-0.2, 0) is 0 Å². The van der Waals surface area contributed by atoms with Gasteiger partial charge in [0.2, 0.25) is 5.95 Å². The first-order valence-electron chi connectivity index (χ1n) is 4.40. The maximum atomic E-state index is 13.0. The molecule has 0 fully saturated rings. The van der Waals surface area contributed by atoms with Gasteiger partial charge in [-0.05, 0) is 12.1 Å². The molecule has 1 heterocycles. The van der Waals surface area contributed by atoms with E-state index in [4.69, 9.17) is 10.8 Å². The number of halogens is 2. The summed E-state index contributed by atoms with van der Waals surface area (Å²) in [5.41, 5.74) is 5.49. The van der Waals surface area contributed by atoms with Gasteiger partial charge in [-0.3, -0.25) is 0 Å². The van der Waals surface area contributed by atoms with Crippen molar-refractivity contribution in [1.29, 1.82) is 0 Å². The largest absolute Gasteiger partial charge is 0.475 e. The first-order chi connectivity index (χ1) is 7.99. The van der Waals surface area contributed by atoms with E-state index >= 15 is 0 Å². The molecule has 0 saturated carbocycles. The lowest BCUT2D eigenvalue weighted by Crippen LogP contribution is -2.04. The number of carboxylic acid groups (broad SMARTS) is 1. The fourth-order valence-corrected chi connectivity index (χ4v) is 1.22. The van der Waals surface area contributed by atoms with E-state index in [-0.39, 0.29) is 11.6 Å². The van der Waals surface area contributed by atoms with Crippen LogP contribution < -0.4 is 5.73 Å². The molecule has 1 aromatic heterocycles. The summed E-state index contributed by atoms with van der Waals surface area (Å²) in [6.07, 6.45) is 0. The van der Waals surface area contributed by atoms with Crippen LogP contribution in [-0.4, -0.2) is 25.8 Å². The predicted molar refractivity (Wildman–Crippen MR) is 52.6 cm³/mol. The molecule has 1 aromatic carbocycles. The molecule has 0 atom stereocenters. The van der Waals surface area contributed by atoms with Gasteiger partial charge in [0.15, 0.2) is 11.6 Å². The third kappa shape index (κ3) is 1.92. The Kier molecular flexibility index (Phi) is 2.47. The van der Waals surface area contributed by atoms with Gasteiger partial charge in [0.05, 0.1) is 5.69 Å². The van der Waals surface area contributed by atoms with Crippen molar-refractivity contribution < 1.29 is 18.7 Å². The molecule has 0 amide bonds. The molecule has 0 aliphatic carbocycles. The summed E-state index contributed by atoms with van der Waals surface area (Å²) in [7, 11) is 0. The first kappa shape index (κ1) is 11.0. The summed E-state index contributed by atoms with van der Waals surface area (Å²) >= 11 is 0. The Hall–Kier alpha value is -2.51. The second kappa shape index (κ2) is 3.81. The van der Waals surface area contributed by atoms with E-state index in [0.717, 1.165) is 16.8 Å². The molecule has 0 unspecified atom stereocenters. The number of nitrogens with zero attached hydrogens (tertiary/aromatic N) is 3. The van der Waals surface area contributed by atoms with Crippen LogP contribution in [0.15, 0.2) is 18.2 Å². The molecule has 2 aromatic rings. The molecule has 17 heavy (non-hydrogen) atoms. The Morgan fingerprint density at radius 2 is 2.06 bits per heavy atom. The lowest BCUT2D eigenvalue weighted by molar-refractivity contribution is 0.0683. The monoisotopic (exact) mass is 240 g/mol. The molecule has 88 valence electrons. The van der Waals surface area contributed by atoms with Crippen LogP contribution in [0.2, 0.25) is 0 Å². The molecule has 8 heteroatoms. The molecule has 3 N–H and O–H groups in total. The minimum absolute atomic E-state index is 0.0846. The van der Waals surface area contributed by atoms with Crippen LogP contribution >= 0.6 is 0 Å². The van der Waals surface area contributed by atoms with E-state index in [2.05, 4.69) is 10.1 Å². The van der Waals surface area contributed by atoms with E-state index in [9.17, 15) is 13.6 Å². The fourth-order valence-electron chi connectivity index (χ4n) is 1.22. The number of rotatable bonds is 2. The minimum atomic E-state index is -1.36. The van der Waals surface area contributed by atoms with Gasteiger partial charge in [0.25, 0.3) is 5.82 Å². The summed E-state index contributed by atoms with van der Waals surface area (Å²) in [6, 6.07) is 2.92. The highest BCUT2D eigenvalue weighted by Gasteiger charge is 2.15. The Morgan fingerprint density at radius 1 is 1.35 bits per heavy atom. The van der Waals surface area contributed by atoms with Crippen molar-refractivity contribution >= 4 is 11.9 Å². The number of carboxylic acids is 1. The molecule has 2 rings (SSSR count). The number of benzene rings is 1. The van der Waals surface area contributed by atoms with Gasteiger partial charge < -0.3 is 10.8 Å². The summed E-state index contributed by atoms with van der Waals surface area (Å²) in [5, 5.41) is 12.2. The maximum absolute atomic E-state index is 13.0. The van der Waals surface area contributed by atoms with Crippen molar-refractivity contribution in [3.05, 3.63) is 35.7 Å². The minimum Gasteiger partial charge on any atom is -0.475 e. The maximum Gasteiger partial charge on any atom is 0.375 e. The highest BCUT2D eigenvalue weighted by Crippen LogP contribution is 2.15. The molecular weight excluding hydrogens is 234 g/mol. The molecule has 0 aliphatic heterocycles. The van der Waals surface area contributed by atoms with E-state index < -0.39 is 23.4 Å². The van der Waals surface area contributed by atoms with Crippen molar-refractivity contribution in [2.75, 3.05) is 5.73 Å². The Morgan fingerprint density at radius 3 is 2.59 bits per heavy atom. The van der Waals surface area contributed by atoms with E-state index in [1.54, 1.807) is 0 Å². The van der Waals surface area contributed by atoms with Gasteiger partial charge in [-0.15, -0.1) is 5.10 Å². The summed E-state index contributed by atoms with van der Waals surface area (Å²) in [4.78, 5) is 14.0. The smallest absolute Gasteiger partial charge is 0.375 e. The Balaban J connectivity index is 2.52. The van der Waals surface area contributed by atoms with Crippen LogP contribution in [0.4, 0.5) is 14.7 Å². The second-order valence-corrected chi connectivity index (χ2v) is 3.11. The number of carbonyl (C=O) groups is 1. The lowest BCUT2D eigenvalue weighted by Gasteiger charge is -2.02. The van der Waals surface area contributed by atoms with Gasteiger partial charge in [-0.25, -0.2) is 13.6 Å². The second-order valence-electron chi connectivity index (χ2n) is 3.11. The zero-order valence-corrected chi connectivity index (χ0v) is 8.26. The van der Waals surface area contributed by atoms with Crippen molar-refractivity contribution in [2.45, 2.75) is 0 Å².